The van der Waals surface area contributed by atoms with Gasteiger partial charge in [0.25, 0.3) is 5.71 Å². The van der Waals surface area contributed by atoms with Crippen LogP contribution in [-0.2, 0) is 9.59 Å². The molecular weight excluding hydrogens is 326 g/mol. The Bertz CT molecular complexity index is 894. The molecule has 1 amide bonds. The molecule has 2 fully saturated rings. The average Bonchev–Trinajstić information content (AvgIpc) is 3.22. The fourth-order valence-corrected chi connectivity index (χ4v) is 3.92. The second-order valence-electron chi connectivity index (χ2n) is 6.55. The third kappa shape index (κ3) is 2.04. The second-order valence-corrected chi connectivity index (χ2v) is 6.55. The molecule has 2 saturated heterocycles. The second kappa shape index (κ2) is 5.27. The molecule has 4 heterocycles. The number of likely N-dealkylation sites (tertiary alicyclic amines) is 1. The number of hydrogen-bond acceptors (Lipinski definition) is 7. The molecule has 25 heavy (non-hydrogen) atoms. The normalized spacial score (nSPS) is 25.6. The Kier molecular flexibility index (Phi) is 3.28. The number of fused-ring (bicyclic) bond motifs is 2. The Morgan fingerprint density at radius 1 is 1.52 bits per heavy atom. The Morgan fingerprint density at radius 3 is 3.00 bits per heavy atom. The first-order chi connectivity index (χ1) is 12.0. The predicted octanol–water partition coefficient (Wildman–Crippen LogP) is 0.462. The summed E-state index contributed by atoms with van der Waals surface area (Å²) >= 11 is 0. The van der Waals surface area contributed by atoms with Crippen molar-refractivity contribution in [1.29, 1.82) is 0 Å². The van der Waals surface area contributed by atoms with Gasteiger partial charge in [-0.3, -0.25) is 9.59 Å². The number of aliphatic carboxylic acids is 1. The molecule has 130 valence electrons. The number of amides is 1. The molecule has 0 spiro atoms. The lowest BCUT2D eigenvalue weighted by atomic mass is 9.81. The molecule has 0 radical (unpaired) electrons. The highest BCUT2D eigenvalue weighted by Crippen LogP contribution is 2.45. The fraction of sp³-hybridized carbons (Fsp3) is 0.438. The number of aryl methyl sites for hydroxylation is 1. The zero-order chi connectivity index (χ0) is 17.8. The summed E-state index contributed by atoms with van der Waals surface area (Å²) in [5.74, 6) is -1.18. The van der Waals surface area contributed by atoms with E-state index < -0.39 is 17.3 Å². The molecule has 2 aliphatic heterocycles. The largest absolute Gasteiger partial charge is 0.481 e. The van der Waals surface area contributed by atoms with Crippen molar-refractivity contribution in [2.45, 2.75) is 6.92 Å². The lowest BCUT2D eigenvalue weighted by molar-refractivity contribution is -0.149. The van der Waals surface area contributed by atoms with Gasteiger partial charge in [-0.05, 0) is 6.92 Å². The van der Waals surface area contributed by atoms with Crippen LogP contribution in [0.3, 0.4) is 0 Å². The van der Waals surface area contributed by atoms with Gasteiger partial charge in [0.2, 0.25) is 5.91 Å². The van der Waals surface area contributed by atoms with E-state index in [2.05, 4.69) is 21.7 Å². The number of carbonyl (C=O) groups excluding carboxylic acids is 1. The molecule has 1 N–H and O–H groups in total. The van der Waals surface area contributed by atoms with Gasteiger partial charge in [0.05, 0.1) is 11.6 Å². The van der Waals surface area contributed by atoms with Crippen LogP contribution in [0.5, 0.6) is 0 Å². The van der Waals surface area contributed by atoms with Gasteiger partial charge in [-0.25, -0.2) is 4.98 Å². The zero-order valence-corrected chi connectivity index (χ0v) is 13.7. The monoisotopic (exact) mass is 343 g/mol. The Morgan fingerprint density at radius 2 is 2.32 bits per heavy atom. The van der Waals surface area contributed by atoms with Crippen LogP contribution >= 0.6 is 0 Å². The van der Waals surface area contributed by atoms with E-state index in [1.807, 2.05) is 4.90 Å². The third-order valence-electron chi connectivity index (χ3n) is 5.12. The zero-order valence-electron chi connectivity index (χ0n) is 13.7. The molecule has 0 aromatic carbocycles. The van der Waals surface area contributed by atoms with Crippen LogP contribution in [0.2, 0.25) is 0 Å². The van der Waals surface area contributed by atoms with Gasteiger partial charge in [-0.15, -0.1) is 6.58 Å². The minimum Gasteiger partial charge on any atom is -0.481 e. The summed E-state index contributed by atoms with van der Waals surface area (Å²) in [6.07, 6.45) is 2.97. The lowest BCUT2D eigenvalue weighted by Crippen LogP contribution is -2.41. The van der Waals surface area contributed by atoms with Crippen molar-refractivity contribution in [3.05, 3.63) is 24.7 Å². The highest BCUT2D eigenvalue weighted by molar-refractivity contribution is 5.95. The van der Waals surface area contributed by atoms with Crippen LogP contribution in [0.4, 0.5) is 5.82 Å². The molecule has 4 rings (SSSR count). The van der Waals surface area contributed by atoms with E-state index in [0.717, 1.165) is 0 Å². The first-order valence-electron chi connectivity index (χ1n) is 7.93. The van der Waals surface area contributed by atoms with Gasteiger partial charge >= 0.3 is 5.97 Å². The Labute approximate surface area is 142 Å². The van der Waals surface area contributed by atoms with Gasteiger partial charge in [0, 0.05) is 26.2 Å². The fourth-order valence-electron chi connectivity index (χ4n) is 3.92. The minimum absolute atomic E-state index is 0.155. The van der Waals surface area contributed by atoms with Crippen LogP contribution in [0.1, 0.15) is 5.69 Å². The highest BCUT2D eigenvalue weighted by Gasteiger charge is 2.62. The van der Waals surface area contributed by atoms with Crippen molar-refractivity contribution in [3.8, 4) is 0 Å². The molecule has 2 aromatic heterocycles. The molecule has 9 heteroatoms. The maximum absolute atomic E-state index is 12.7. The van der Waals surface area contributed by atoms with Crippen molar-refractivity contribution < 1.29 is 19.2 Å². The van der Waals surface area contributed by atoms with Crippen LogP contribution in [-0.4, -0.2) is 63.2 Å². The van der Waals surface area contributed by atoms with Gasteiger partial charge < -0.3 is 19.4 Å². The summed E-state index contributed by atoms with van der Waals surface area (Å²) in [5, 5.41) is 14.4. The molecule has 0 unspecified atom stereocenters. The Hall–Kier alpha value is -2.97. The number of rotatable bonds is 4. The number of hydrogen-bond donors (Lipinski definition) is 1. The maximum Gasteiger partial charge on any atom is 0.314 e. The first kappa shape index (κ1) is 15.6. The van der Waals surface area contributed by atoms with Crippen molar-refractivity contribution >= 4 is 28.8 Å². The van der Waals surface area contributed by atoms with E-state index in [4.69, 9.17) is 4.52 Å². The molecular formula is C16H17N5O4. The number of carboxylic acid groups (broad SMARTS) is 1. The summed E-state index contributed by atoms with van der Waals surface area (Å²) < 4.78 is 5.16. The third-order valence-corrected chi connectivity index (χ3v) is 5.12. The summed E-state index contributed by atoms with van der Waals surface area (Å²) in [6.45, 7) is 6.42. The number of aromatic nitrogens is 3. The van der Waals surface area contributed by atoms with Crippen molar-refractivity contribution in [1.82, 2.24) is 20.0 Å². The van der Waals surface area contributed by atoms with Gasteiger partial charge in [0.15, 0.2) is 0 Å². The summed E-state index contributed by atoms with van der Waals surface area (Å²) in [5.41, 5.74) is -0.169. The van der Waals surface area contributed by atoms with E-state index >= 15 is 0 Å². The summed E-state index contributed by atoms with van der Waals surface area (Å²) in [4.78, 5) is 36.5. The van der Waals surface area contributed by atoms with Gasteiger partial charge in [-0.1, -0.05) is 11.2 Å². The van der Waals surface area contributed by atoms with Gasteiger partial charge in [-0.2, -0.15) is 4.98 Å². The smallest absolute Gasteiger partial charge is 0.314 e. The number of nitrogens with zero attached hydrogens (tertiary/aromatic N) is 5. The summed E-state index contributed by atoms with van der Waals surface area (Å²) in [6, 6.07) is 0. The molecule has 0 aliphatic carbocycles. The van der Waals surface area contributed by atoms with Crippen LogP contribution in [0.15, 0.2) is 23.5 Å². The van der Waals surface area contributed by atoms with Crippen molar-refractivity contribution in [2.75, 3.05) is 31.1 Å². The van der Waals surface area contributed by atoms with Gasteiger partial charge in [0.1, 0.15) is 22.9 Å². The van der Waals surface area contributed by atoms with Crippen LogP contribution < -0.4 is 4.90 Å². The first-order valence-corrected chi connectivity index (χ1v) is 7.93. The number of carbonyl (C=O) groups is 2. The minimum atomic E-state index is -1.15. The van der Waals surface area contributed by atoms with Crippen LogP contribution in [0.25, 0.3) is 11.1 Å². The standard InChI is InChI=1S/C16H17N5O4/c1-3-4-20-6-16(15(23)24)7-21(5-10(16)14(20)22)12-11-9(2)19-25-13(11)18-8-17-12/h3,8,10H,1,4-7H2,2H3,(H,23,24)/t10-,16+/m0/s1. The SMILES string of the molecule is C=CCN1C[C@@]2(C(=O)O)CN(c3ncnc4onc(C)c34)C[C@H]2C1=O. The van der Waals surface area contributed by atoms with Crippen molar-refractivity contribution in [3.63, 3.8) is 0 Å². The molecule has 2 aliphatic rings. The number of anilines is 1. The van der Waals surface area contributed by atoms with E-state index in [9.17, 15) is 14.7 Å². The van der Waals surface area contributed by atoms with E-state index in [1.165, 1.54) is 6.33 Å². The molecule has 2 atom stereocenters. The molecule has 0 saturated carbocycles. The topological polar surface area (TPSA) is 113 Å². The van der Waals surface area contributed by atoms with E-state index in [0.29, 0.717) is 29.2 Å². The average molecular weight is 343 g/mol. The molecule has 9 nitrogen and oxygen atoms in total. The Balaban J connectivity index is 1.74. The quantitative estimate of drug-likeness (QED) is 0.797. The maximum atomic E-state index is 12.7. The predicted molar refractivity (Wildman–Crippen MR) is 86.9 cm³/mol. The van der Waals surface area contributed by atoms with Crippen LogP contribution in [0, 0.1) is 18.3 Å². The lowest BCUT2D eigenvalue weighted by Gasteiger charge is -2.25. The van der Waals surface area contributed by atoms with E-state index in [-0.39, 0.29) is 25.5 Å². The highest BCUT2D eigenvalue weighted by atomic mass is 16.5. The van der Waals surface area contributed by atoms with E-state index in [1.54, 1.807) is 17.9 Å². The number of carboxylic acids is 1. The van der Waals surface area contributed by atoms with Crippen molar-refractivity contribution in [2.24, 2.45) is 11.3 Å². The molecule has 0 bridgehead atoms. The molecule has 2 aromatic rings. The summed E-state index contributed by atoms with van der Waals surface area (Å²) in [7, 11) is 0.